The lowest BCUT2D eigenvalue weighted by molar-refractivity contribution is -0.0503. The lowest BCUT2D eigenvalue weighted by Crippen LogP contribution is -2.33. The Kier molecular flexibility index (Phi) is 11.7. The highest BCUT2D eigenvalue weighted by atomic mass is 31.3. The van der Waals surface area contributed by atoms with Gasteiger partial charge in [-0.15, -0.1) is 0 Å². The quantitative estimate of drug-likeness (QED) is 0.102. The number of imidazole rings is 1. The zero-order valence-electron chi connectivity index (χ0n) is 22.6. The maximum Gasteiger partial charge on any atom is 0.481 e. The number of phosphoric ester groups is 1. The largest absolute Gasteiger partial charge is 0.481 e. The van der Waals surface area contributed by atoms with Crippen LogP contribution in [0.25, 0.3) is 11.2 Å². The molecule has 2 unspecified atom stereocenters. The normalized spacial score (nSPS) is 23.2. The number of fused-ring (bicyclic) bond motifs is 1. The van der Waals surface area contributed by atoms with Crippen molar-refractivity contribution in [2.75, 3.05) is 18.1 Å². The van der Waals surface area contributed by atoms with E-state index in [0.29, 0.717) is 12.2 Å². The summed E-state index contributed by atoms with van der Waals surface area (Å²) < 4.78 is 62.6. The van der Waals surface area contributed by atoms with Crippen molar-refractivity contribution in [2.45, 2.75) is 44.0 Å². The van der Waals surface area contributed by atoms with Gasteiger partial charge in [0.25, 0.3) is 0 Å². The monoisotopic (exact) mass is 724 g/mol. The van der Waals surface area contributed by atoms with Crippen molar-refractivity contribution in [2.24, 2.45) is 0 Å². The first-order chi connectivity index (χ1) is 20.6. The van der Waals surface area contributed by atoms with Gasteiger partial charge in [0.1, 0.15) is 41.8 Å². The van der Waals surface area contributed by atoms with Gasteiger partial charge in [-0.25, -0.2) is 42.9 Å². The molecule has 12 N–H and O–H groups in total. The SMILES string of the molecule is CCc1ncc(CP(=O)(O)OP(=O)(O)O)c(N)n1.Nc1ncnc2c1ncn2[C@@H]1O[C@H](COP(=O)(O)OP(=O)(O)O)[C@@H](O)[C@H]1O. The van der Waals surface area contributed by atoms with Gasteiger partial charge in [-0.3, -0.25) is 13.7 Å². The fraction of sp³-hybridized carbons (Fsp3) is 0.471. The third-order valence-electron chi connectivity index (χ3n) is 5.48. The Balaban J connectivity index is 0.000000268. The van der Waals surface area contributed by atoms with Crippen LogP contribution in [0.15, 0.2) is 18.9 Å². The van der Waals surface area contributed by atoms with Crippen molar-refractivity contribution in [1.82, 2.24) is 29.5 Å². The summed E-state index contributed by atoms with van der Waals surface area (Å²) >= 11 is 0. The van der Waals surface area contributed by atoms with Crippen LogP contribution in [0, 0.1) is 0 Å². The predicted octanol–water partition coefficient (Wildman–Crippen LogP) is -1.33. The molecule has 0 aromatic carbocycles. The minimum Gasteiger partial charge on any atom is -0.387 e. The number of nitrogens with two attached hydrogens (primary N) is 2. The smallest absolute Gasteiger partial charge is 0.387 e. The van der Waals surface area contributed by atoms with Gasteiger partial charge in [0.15, 0.2) is 17.7 Å². The summed E-state index contributed by atoms with van der Waals surface area (Å²) in [7, 11) is -20.0. The van der Waals surface area contributed by atoms with Crippen LogP contribution in [-0.4, -0.2) is 94.0 Å². The van der Waals surface area contributed by atoms with E-state index in [-0.39, 0.29) is 28.4 Å². The highest BCUT2D eigenvalue weighted by Crippen LogP contribution is 2.59. The Morgan fingerprint density at radius 2 is 1.56 bits per heavy atom. The molecule has 0 amide bonds. The summed E-state index contributed by atoms with van der Waals surface area (Å²) in [5.74, 6) is 0.521. The van der Waals surface area contributed by atoms with Gasteiger partial charge in [0.2, 0.25) is 0 Å². The van der Waals surface area contributed by atoms with Crippen molar-refractivity contribution in [3.8, 4) is 0 Å². The molecular formula is C17H28N8O16P4. The third-order valence-corrected chi connectivity index (χ3v) is 10.2. The van der Waals surface area contributed by atoms with Crippen molar-refractivity contribution >= 4 is 53.9 Å². The van der Waals surface area contributed by atoms with Crippen LogP contribution in [0.2, 0.25) is 0 Å². The Labute approximate surface area is 251 Å². The van der Waals surface area contributed by atoms with Crippen molar-refractivity contribution in [1.29, 1.82) is 0 Å². The fourth-order valence-corrected chi connectivity index (χ4v) is 7.47. The molecule has 0 spiro atoms. The molecule has 3 aromatic heterocycles. The first-order valence-electron chi connectivity index (χ1n) is 12.0. The summed E-state index contributed by atoms with van der Waals surface area (Å²) in [6, 6.07) is 0. The first-order valence-corrected chi connectivity index (χ1v) is 18.3. The summed E-state index contributed by atoms with van der Waals surface area (Å²) in [4.78, 5) is 72.0. The number of ether oxygens (including phenoxy) is 1. The second-order valence-corrected chi connectivity index (χ2v) is 14.9. The van der Waals surface area contributed by atoms with Gasteiger partial charge in [-0.05, 0) is 0 Å². The van der Waals surface area contributed by atoms with Crippen LogP contribution in [0.4, 0.5) is 11.6 Å². The van der Waals surface area contributed by atoms with E-state index in [0.717, 1.165) is 6.33 Å². The Morgan fingerprint density at radius 3 is 2.13 bits per heavy atom. The molecule has 4 heterocycles. The number of aryl methyl sites for hydroxylation is 1. The van der Waals surface area contributed by atoms with Crippen LogP contribution in [0.3, 0.4) is 0 Å². The Morgan fingerprint density at radius 1 is 0.911 bits per heavy atom. The third kappa shape index (κ3) is 10.6. The minimum absolute atomic E-state index is 0.0227. The summed E-state index contributed by atoms with van der Waals surface area (Å²) in [6.45, 7) is 0.995. The Hall–Kier alpha value is -2.33. The van der Waals surface area contributed by atoms with E-state index in [1.165, 1.54) is 17.1 Å². The number of rotatable bonds is 11. The summed E-state index contributed by atoms with van der Waals surface area (Å²) in [5, 5.41) is 20.3. The number of anilines is 2. The molecule has 28 heteroatoms. The van der Waals surface area contributed by atoms with Crippen molar-refractivity contribution in [3.05, 3.63) is 30.2 Å². The molecule has 1 saturated heterocycles. The molecule has 1 aliphatic rings. The first kappa shape index (κ1) is 37.1. The lowest BCUT2D eigenvalue weighted by atomic mass is 10.1. The number of nitrogens with zero attached hydrogens (tertiary/aromatic N) is 6. The van der Waals surface area contributed by atoms with E-state index in [1.54, 1.807) is 0 Å². The van der Waals surface area contributed by atoms with E-state index in [4.69, 9.17) is 35.8 Å². The van der Waals surface area contributed by atoms with Crippen LogP contribution < -0.4 is 11.5 Å². The van der Waals surface area contributed by atoms with E-state index in [2.05, 4.69) is 38.1 Å². The lowest BCUT2D eigenvalue weighted by Gasteiger charge is -2.17. The fourth-order valence-electron chi connectivity index (χ4n) is 3.64. The van der Waals surface area contributed by atoms with E-state index >= 15 is 0 Å². The van der Waals surface area contributed by atoms with Crippen LogP contribution in [0.5, 0.6) is 0 Å². The highest BCUT2D eigenvalue weighted by Gasteiger charge is 2.46. The van der Waals surface area contributed by atoms with Crippen molar-refractivity contribution < 1.29 is 75.7 Å². The molecule has 252 valence electrons. The maximum atomic E-state index is 11.5. The highest BCUT2D eigenvalue weighted by molar-refractivity contribution is 7.63. The number of aliphatic hydroxyl groups is 2. The molecule has 4 rings (SSSR count). The summed E-state index contributed by atoms with van der Waals surface area (Å²) in [6.07, 6.45) is -2.10. The number of phosphoric acid groups is 3. The van der Waals surface area contributed by atoms with Gasteiger partial charge in [0.05, 0.1) is 19.1 Å². The Bertz CT molecular complexity index is 1700. The standard InChI is InChI=1S/C10H15N5O10P2.C7H13N3O6P2/c11-8-5-9(13-2-12-8)15(3-14-5)10-7(17)6(16)4(24-10)1-23-27(21,22)25-26(18,19)20;1-2-6-9-3-5(7(8)10-6)4-17(11,12)16-18(13,14)15/h2-4,6-7,10,16-17H,1H2,(H,21,22)(H2,11,12,13)(H2,18,19,20);3H,2,4H2,1H3,(H,11,12)(H2,8,9,10)(H2,13,14,15)/t4-,6-,7-,10-;/m1./s1. The molecule has 0 aliphatic carbocycles. The van der Waals surface area contributed by atoms with Crippen LogP contribution in [0.1, 0.15) is 24.5 Å². The van der Waals surface area contributed by atoms with Crippen LogP contribution in [-0.2, 0) is 48.7 Å². The molecule has 0 radical (unpaired) electrons. The van der Waals surface area contributed by atoms with Crippen LogP contribution >= 0.6 is 31.1 Å². The second kappa shape index (κ2) is 14.2. The molecular weight excluding hydrogens is 696 g/mol. The number of aromatic nitrogens is 6. The second-order valence-electron chi connectivity index (χ2n) is 8.88. The number of aliphatic hydroxyl groups excluding tert-OH is 2. The van der Waals surface area contributed by atoms with Gasteiger partial charge < -0.3 is 55.8 Å². The molecule has 6 atom stereocenters. The molecule has 45 heavy (non-hydrogen) atoms. The average Bonchev–Trinajstić information content (AvgIpc) is 3.43. The van der Waals surface area contributed by atoms with Gasteiger partial charge >= 0.3 is 31.1 Å². The van der Waals surface area contributed by atoms with Crippen molar-refractivity contribution in [3.63, 3.8) is 0 Å². The molecule has 0 bridgehead atoms. The van der Waals surface area contributed by atoms with E-state index in [1.807, 2.05) is 6.92 Å². The molecule has 24 nitrogen and oxygen atoms in total. The number of hydrogen-bond donors (Lipinski definition) is 10. The topological polar surface area (TPSA) is 388 Å². The molecule has 1 aliphatic heterocycles. The zero-order chi connectivity index (χ0) is 34.0. The van der Waals surface area contributed by atoms with E-state index in [9.17, 15) is 38.3 Å². The average molecular weight is 724 g/mol. The van der Waals surface area contributed by atoms with Gasteiger partial charge in [-0.1, -0.05) is 6.92 Å². The molecule has 1 fully saturated rings. The predicted molar refractivity (Wildman–Crippen MR) is 147 cm³/mol. The number of nitrogen functional groups attached to an aromatic ring is 2. The van der Waals surface area contributed by atoms with Gasteiger partial charge in [0, 0.05) is 18.2 Å². The number of hydrogen-bond acceptors (Lipinski definition) is 17. The minimum atomic E-state index is -5.29. The molecule has 0 saturated carbocycles. The van der Waals surface area contributed by atoms with E-state index < -0.39 is 68.4 Å². The zero-order valence-corrected chi connectivity index (χ0v) is 26.2. The maximum absolute atomic E-state index is 11.5. The molecule has 3 aromatic rings. The van der Waals surface area contributed by atoms with Gasteiger partial charge in [-0.2, -0.15) is 4.31 Å². The summed E-state index contributed by atoms with van der Waals surface area (Å²) in [5.41, 5.74) is 11.7.